The maximum absolute atomic E-state index is 11.7. The van der Waals surface area contributed by atoms with E-state index in [4.69, 9.17) is 5.73 Å². The maximum atomic E-state index is 11.7. The van der Waals surface area contributed by atoms with E-state index in [0.29, 0.717) is 24.4 Å². The number of amidine groups is 1. The first-order valence-electron chi connectivity index (χ1n) is 5.72. The van der Waals surface area contributed by atoms with E-state index in [9.17, 15) is 18.4 Å². The van der Waals surface area contributed by atoms with Gasteiger partial charge in [0.15, 0.2) is 0 Å². The fraction of sp³-hybridized carbons (Fsp3) is 0.778. The molecule has 18 heavy (non-hydrogen) atoms. The summed E-state index contributed by atoms with van der Waals surface area (Å²) in [5.41, 5.74) is 5.68. The van der Waals surface area contributed by atoms with E-state index in [2.05, 4.69) is 4.40 Å². The average molecular weight is 276 g/mol. The Bertz CT molecular complexity index is 489. The van der Waals surface area contributed by atoms with Crippen LogP contribution in [0.4, 0.5) is 4.79 Å². The van der Waals surface area contributed by atoms with Crippen molar-refractivity contribution in [1.29, 1.82) is 0 Å². The Kier molecular flexibility index (Phi) is 3.20. The molecule has 0 aromatic heterocycles. The molecule has 102 valence electrons. The van der Waals surface area contributed by atoms with Gasteiger partial charge in [-0.3, -0.25) is 5.21 Å². The Morgan fingerprint density at radius 3 is 2.83 bits per heavy atom. The molecular formula is C9H16N4O4S. The Balaban J connectivity index is 2.23. The highest BCUT2D eigenvalue weighted by Gasteiger charge is 2.45. The number of carbonyl (C=O) groups excluding carboxylic acids is 1. The minimum absolute atomic E-state index is 0.0843. The topological polar surface area (TPSA) is 116 Å². The summed E-state index contributed by atoms with van der Waals surface area (Å²) >= 11 is 0. The van der Waals surface area contributed by atoms with E-state index >= 15 is 0 Å². The summed E-state index contributed by atoms with van der Waals surface area (Å²) in [6.07, 6.45) is 1.08. The van der Waals surface area contributed by atoms with Crippen molar-refractivity contribution in [3.8, 4) is 0 Å². The Labute approximate surface area is 105 Å². The molecule has 2 atom stereocenters. The van der Waals surface area contributed by atoms with Crippen LogP contribution in [0.25, 0.3) is 0 Å². The monoisotopic (exact) mass is 276 g/mol. The predicted molar refractivity (Wildman–Crippen MR) is 63.6 cm³/mol. The molecule has 2 saturated heterocycles. The molecule has 0 saturated carbocycles. The second-order valence-electron chi connectivity index (χ2n) is 4.41. The van der Waals surface area contributed by atoms with Crippen molar-refractivity contribution in [1.82, 2.24) is 9.96 Å². The van der Waals surface area contributed by atoms with Crippen molar-refractivity contribution in [2.24, 2.45) is 10.1 Å². The summed E-state index contributed by atoms with van der Waals surface area (Å²) in [6, 6.07) is -1.33. The molecule has 0 unspecified atom stereocenters. The van der Waals surface area contributed by atoms with Gasteiger partial charge in [-0.1, -0.05) is 0 Å². The number of carbonyl (C=O) groups is 1. The van der Waals surface area contributed by atoms with Crippen LogP contribution in [0.2, 0.25) is 0 Å². The minimum Gasteiger partial charge on any atom is -0.385 e. The van der Waals surface area contributed by atoms with Gasteiger partial charge in [-0.15, -0.1) is 4.40 Å². The number of rotatable bonds is 3. The van der Waals surface area contributed by atoms with Crippen LogP contribution in [-0.2, 0) is 10.0 Å². The standard InChI is InChI=1S/C9H16N4O4S/c1-2-18(16,17)11-8(10)7-4-3-6-5-12(7)9(14)13(6)15/h6-7,15H,2-5H2,1H3,(H2,10,11)/t6-,7+/m1/s1. The Morgan fingerprint density at radius 1 is 1.56 bits per heavy atom. The number of hydrogen-bond donors (Lipinski definition) is 2. The molecule has 2 bridgehead atoms. The first-order valence-corrected chi connectivity index (χ1v) is 7.33. The van der Waals surface area contributed by atoms with Crippen LogP contribution >= 0.6 is 0 Å². The molecule has 9 heteroatoms. The van der Waals surface area contributed by atoms with Crippen molar-refractivity contribution in [2.45, 2.75) is 31.8 Å². The van der Waals surface area contributed by atoms with E-state index in [1.54, 1.807) is 0 Å². The molecule has 2 heterocycles. The van der Waals surface area contributed by atoms with Crippen LogP contribution in [-0.4, -0.2) is 59.8 Å². The third kappa shape index (κ3) is 2.15. The minimum atomic E-state index is -3.57. The van der Waals surface area contributed by atoms with Crippen molar-refractivity contribution in [3.63, 3.8) is 0 Å². The second kappa shape index (κ2) is 4.39. The molecule has 0 radical (unpaired) electrons. The summed E-state index contributed by atoms with van der Waals surface area (Å²) in [4.78, 5) is 13.0. The molecule has 8 nitrogen and oxygen atoms in total. The smallest absolute Gasteiger partial charge is 0.344 e. The van der Waals surface area contributed by atoms with Crippen molar-refractivity contribution in [3.05, 3.63) is 0 Å². The van der Waals surface area contributed by atoms with Gasteiger partial charge in [0.25, 0.3) is 10.0 Å². The van der Waals surface area contributed by atoms with Crippen molar-refractivity contribution < 1.29 is 18.4 Å². The lowest BCUT2D eigenvalue weighted by Gasteiger charge is -2.29. The van der Waals surface area contributed by atoms with Crippen molar-refractivity contribution in [2.75, 3.05) is 12.3 Å². The van der Waals surface area contributed by atoms with Gasteiger partial charge in [0, 0.05) is 6.54 Å². The summed E-state index contributed by atoms with van der Waals surface area (Å²) in [5, 5.41) is 10.2. The summed E-state index contributed by atoms with van der Waals surface area (Å²) in [5.74, 6) is -0.220. The predicted octanol–water partition coefficient (Wildman–Crippen LogP) is -0.649. The van der Waals surface area contributed by atoms with Gasteiger partial charge in [0.05, 0.1) is 17.8 Å². The molecular weight excluding hydrogens is 260 g/mol. The normalized spacial score (nSPS) is 29.0. The first-order chi connectivity index (χ1) is 8.35. The third-order valence-electron chi connectivity index (χ3n) is 3.30. The summed E-state index contributed by atoms with van der Waals surface area (Å²) in [6.45, 7) is 1.82. The average Bonchev–Trinajstić information content (AvgIpc) is 2.54. The lowest BCUT2D eigenvalue weighted by Crippen LogP contribution is -2.48. The lowest BCUT2D eigenvalue weighted by atomic mass is 10.0. The number of amides is 2. The fourth-order valence-corrected chi connectivity index (χ4v) is 2.82. The third-order valence-corrected chi connectivity index (χ3v) is 4.51. The zero-order chi connectivity index (χ0) is 13.5. The number of nitrogens with zero attached hydrogens (tertiary/aromatic N) is 3. The number of piperidine rings is 1. The van der Waals surface area contributed by atoms with E-state index in [1.807, 2.05) is 0 Å². The molecule has 2 aliphatic heterocycles. The number of urea groups is 1. The zero-order valence-corrected chi connectivity index (χ0v) is 10.8. The van der Waals surface area contributed by atoms with Crippen LogP contribution in [0.15, 0.2) is 4.40 Å². The van der Waals surface area contributed by atoms with E-state index in [-0.39, 0.29) is 17.6 Å². The van der Waals surface area contributed by atoms with Crippen LogP contribution in [0.1, 0.15) is 19.8 Å². The number of sulfonamides is 1. The van der Waals surface area contributed by atoms with Crippen LogP contribution in [0.3, 0.4) is 0 Å². The van der Waals surface area contributed by atoms with Crippen LogP contribution in [0, 0.1) is 0 Å². The molecule has 3 N–H and O–H groups in total. The molecule has 0 aliphatic carbocycles. The van der Waals surface area contributed by atoms with E-state index < -0.39 is 22.1 Å². The molecule has 0 spiro atoms. The van der Waals surface area contributed by atoms with Gasteiger partial charge in [-0.25, -0.2) is 18.3 Å². The quantitative estimate of drug-likeness (QED) is 0.403. The van der Waals surface area contributed by atoms with Gasteiger partial charge in [0.2, 0.25) is 0 Å². The lowest BCUT2D eigenvalue weighted by molar-refractivity contribution is -0.0583. The van der Waals surface area contributed by atoms with Crippen LogP contribution in [0.5, 0.6) is 0 Å². The molecule has 2 fully saturated rings. The highest BCUT2D eigenvalue weighted by Crippen LogP contribution is 2.28. The van der Waals surface area contributed by atoms with Crippen molar-refractivity contribution >= 4 is 21.9 Å². The van der Waals surface area contributed by atoms with E-state index in [1.165, 1.54) is 11.8 Å². The Morgan fingerprint density at radius 2 is 2.22 bits per heavy atom. The number of fused-ring (bicyclic) bond motifs is 2. The van der Waals surface area contributed by atoms with Crippen LogP contribution < -0.4 is 5.73 Å². The van der Waals surface area contributed by atoms with E-state index in [0.717, 1.165) is 0 Å². The van der Waals surface area contributed by atoms with Gasteiger partial charge < -0.3 is 10.6 Å². The molecule has 0 aromatic carbocycles. The molecule has 2 aliphatic rings. The summed E-state index contributed by atoms with van der Waals surface area (Å²) < 4.78 is 26.2. The van der Waals surface area contributed by atoms with Gasteiger partial charge in [-0.05, 0) is 19.8 Å². The molecule has 2 rings (SSSR count). The number of hydroxylamine groups is 2. The van der Waals surface area contributed by atoms with Gasteiger partial charge in [-0.2, -0.15) is 0 Å². The molecule has 2 amide bonds. The number of nitrogens with two attached hydrogens (primary N) is 1. The zero-order valence-electron chi connectivity index (χ0n) is 9.98. The first kappa shape index (κ1) is 13.1. The SMILES string of the molecule is CCS(=O)(=O)/N=C(\N)[C@@H]1CC[C@@H]2CN1C(=O)N2O. The Hall–Kier alpha value is -1.35. The fourth-order valence-electron chi connectivity index (χ4n) is 2.24. The number of hydrogen-bond acceptors (Lipinski definition) is 4. The summed E-state index contributed by atoms with van der Waals surface area (Å²) in [7, 11) is -3.57. The highest BCUT2D eigenvalue weighted by atomic mass is 32.2. The van der Waals surface area contributed by atoms with Gasteiger partial charge in [0.1, 0.15) is 5.84 Å². The highest BCUT2D eigenvalue weighted by molar-refractivity contribution is 7.90. The maximum Gasteiger partial charge on any atom is 0.344 e. The van der Waals surface area contributed by atoms with Gasteiger partial charge >= 0.3 is 6.03 Å². The molecule has 0 aromatic rings. The largest absolute Gasteiger partial charge is 0.385 e. The second-order valence-corrected chi connectivity index (χ2v) is 6.34.